The van der Waals surface area contributed by atoms with Gasteiger partial charge in [0.25, 0.3) is 0 Å². The minimum atomic E-state index is -1.43. The molecule has 56 heavy (non-hydrogen) atoms. The van der Waals surface area contributed by atoms with E-state index in [1.165, 1.54) is 12.1 Å². The number of aromatic hydroxyl groups is 1. The molecule has 5 heterocycles. The summed E-state index contributed by atoms with van der Waals surface area (Å²) in [4.78, 5) is 62.6. The zero-order valence-corrected chi connectivity index (χ0v) is 32.1. The lowest BCUT2D eigenvalue weighted by Gasteiger charge is -2.51. The van der Waals surface area contributed by atoms with Gasteiger partial charge >= 0.3 is 0 Å². The van der Waals surface area contributed by atoms with E-state index in [1.54, 1.807) is 86.2 Å². The van der Waals surface area contributed by atoms with Crippen LogP contribution >= 0.6 is 15.9 Å². The van der Waals surface area contributed by atoms with Gasteiger partial charge in [0, 0.05) is 34.9 Å². The Morgan fingerprint density at radius 1 is 0.750 bits per heavy atom. The van der Waals surface area contributed by atoms with Crippen molar-refractivity contribution in [3.05, 3.63) is 178 Å². The first-order valence-electron chi connectivity index (χ1n) is 18.2. The van der Waals surface area contributed by atoms with Gasteiger partial charge in [0.2, 0.25) is 5.91 Å². The predicted molar refractivity (Wildman–Crippen MR) is 212 cm³/mol. The van der Waals surface area contributed by atoms with Gasteiger partial charge in [-0.3, -0.25) is 29.3 Å². The van der Waals surface area contributed by atoms with E-state index in [9.17, 15) is 5.11 Å². The third kappa shape index (κ3) is 6.21. The highest BCUT2D eigenvalue weighted by atomic mass is 79.9. The van der Waals surface area contributed by atoms with Crippen LogP contribution in [0, 0.1) is 11.8 Å². The molecule has 2 fully saturated rings. The molecule has 1 amide bonds. The van der Waals surface area contributed by atoms with Gasteiger partial charge in [-0.2, -0.15) is 0 Å². The maximum absolute atomic E-state index is 16.1. The Balaban J connectivity index is 1.46. The molecule has 280 valence electrons. The highest BCUT2D eigenvalue weighted by Crippen LogP contribution is 2.65. The molecule has 2 aliphatic heterocycles. The van der Waals surface area contributed by atoms with Crippen molar-refractivity contribution >= 4 is 33.4 Å². The third-order valence-corrected chi connectivity index (χ3v) is 11.7. The summed E-state index contributed by atoms with van der Waals surface area (Å²) >= 11 is 3.45. The molecule has 0 aliphatic carbocycles. The van der Waals surface area contributed by atoms with Crippen LogP contribution in [0.25, 0.3) is 0 Å². The van der Waals surface area contributed by atoms with Gasteiger partial charge < -0.3 is 19.5 Å². The standard InChI is InChI=1S/C45H37BrN4O6/c1-55-30-17-12-27(13-18-30)33-26-45(37-11-5-8-24-49-37)40(43(53)35-10-4-7-23-48-35)38(28-14-19-31(56-2)20-15-28)41(34-9-3-6-22-47-34)50(45)44(54)39(33)42(52)32-25-29(46)16-21-36(32)51/h3-25,33,38-41,51H,26H2,1-2H3/t33-,38+,39+,40-,41-,45+/m1/s1. The second-order valence-corrected chi connectivity index (χ2v) is 14.9. The number of pyridine rings is 3. The van der Waals surface area contributed by atoms with E-state index in [0.717, 1.165) is 5.56 Å². The lowest BCUT2D eigenvalue weighted by molar-refractivity contribution is -0.149. The monoisotopic (exact) mass is 808 g/mol. The molecule has 3 aromatic heterocycles. The van der Waals surface area contributed by atoms with Crippen molar-refractivity contribution in [2.24, 2.45) is 11.8 Å². The zero-order valence-electron chi connectivity index (χ0n) is 30.5. The number of nitrogens with zero attached hydrogens (tertiary/aromatic N) is 4. The first-order valence-corrected chi connectivity index (χ1v) is 19.0. The third-order valence-electron chi connectivity index (χ3n) is 11.2. The van der Waals surface area contributed by atoms with Gasteiger partial charge in [-0.15, -0.1) is 0 Å². The molecule has 8 rings (SSSR count). The van der Waals surface area contributed by atoms with E-state index in [4.69, 9.17) is 19.4 Å². The minimum absolute atomic E-state index is 0.00275. The maximum atomic E-state index is 16.1. The largest absolute Gasteiger partial charge is 0.507 e. The summed E-state index contributed by atoms with van der Waals surface area (Å²) in [5, 5.41) is 11.1. The topological polar surface area (TPSA) is 132 Å². The van der Waals surface area contributed by atoms with Crippen molar-refractivity contribution in [2.75, 3.05) is 14.2 Å². The Labute approximate surface area is 332 Å². The molecule has 0 unspecified atom stereocenters. The molecule has 2 aliphatic rings. The average Bonchev–Trinajstić information content (AvgIpc) is 3.57. The molecule has 6 aromatic rings. The average molecular weight is 810 g/mol. The summed E-state index contributed by atoms with van der Waals surface area (Å²) in [6.07, 6.45) is 5.02. The highest BCUT2D eigenvalue weighted by molar-refractivity contribution is 9.10. The fourth-order valence-electron chi connectivity index (χ4n) is 8.82. The van der Waals surface area contributed by atoms with E-state index in [1.807, 2.05) is 60.7 Å². The summed E-state index contributed by atoms with van der Waals surface area (Å²) < 4.78 is 11.6. The molecule has 11 heteroatoms. The minimum Gasteiger partial charge on any atom is -0.507 e. The Morgan fingerprint density at radius 2 is 1.38 bits per heavy atom. The molecular formula is C45H37BrN4O6. The van der Waals surface area contributed by atoms with Crippen LogP contribution in [0.1, 0.15) is 67.7 Å². The Kier molecular flexibility index (Phi) is 9.94. The first-order chi connectivity index (χ1) is 27.3. The fraction of sp³-hybridized carbons (Fsp3) is 0.200. The zero-order chi connectivity index (χ0) is 39.0. The Bertz CT molecular complexity index is 2380. The molecular weight excluding hydrogens is 772 g/mol. The number of hydrogen-bond acceptors (Lipinski definition) is 9. The van der Waals surface area contributed by atoms with Crippen molar-refractivity contribution in [3.63, 3.8) is 0 Å². The molecule has 0 saturated carbocycles. The molecule has 2 saturated heterocycles. The number of rotatable bonds is 10. The number of carbonyl (C=O) groups is 3. The fourth-order valence-corrected chi connectivity index (χ4v) is 9.18. The number of ketones is 2. The number of piperidine rings is 1. The van der Waals surface area contributed by atoms with E-state index >= 15 is 14.4 Å². The van der Waals surface area contributed by atoms with Gasteiger partial charge in [0.15, 0.2) is 11.6 Å². The molecule has 0 radical (unpaired) electrons. The van der Waals surface area contributed by atoms with Gasteiger partial charge in [0.05, 0.1) is 48.7 Å². The number of benzene rings is 3. The van der Waals surface area contributed by atoms with E-state index in [2.05, 4.69) is 20.9 Å². The van der Waals surface area contributed by atoms with Crippen molar-refractivity contribution in [1.82, 2.24) is 19.9 Å². The van der Waals surface area contributed by atoms with Crippen molar-refractivity contribution in [1.29, 1.82) is 0 Å². The number of aromatic nitrogens is 3. The lowest BCUT2D eigenvalue weighted by Crippen LogP contribution is -2.59. The molecule has 6 atom stereocenters. The second kappa shape index (κ2) is 15.1. The molecule has 3 aromatic carbocycles. The van der Waals surface area contributed by atoms with Gasteiger partial charge in [-0.05, 0) is 96.4 Å². The lowest BCUT2D eigenvalue weighted by atomic mass is 9.62. The number of amides is 1. The quantitative estimate of drug-likeness (QED) is 0.108. The summed E-state index contributed by atoms with van der Waals surface area (Å²) in [6, 6.07) is 34.7. The van der Waals surface area contributed by atoms with Gasteiger partial charge in [-0.1, -0.05) is 58.4 Å². The summed E-state index contributed by atoms with van der Waals surface area (Å²) in [6.45, 7) is 0. The number of methoxy groups -OCH3 is 2. The van der Waals surface area contributed by atoms with Gasteiger partial charge in [0.1, 0.15) is 28.9 Å². The first kappa shape index (κ1) is 36.8. The molecule has 10 nitrogen and oxygen atoms in total. The summed E-state index contributed by atoms with van der Waals surface area (Å²) in [5.74, 6) is -4.12. The number of fused-ring (bicyclic) bond motifs is 1. The Morgan fingerprint density at radius 3 is 1.96 bits per heavy atom. The summed E-state index contributed by atoms with van der Waals surface area (Å²) in [7, 11) is 3.15. The SMILES string of the molecule is COc1ccc([C@@H]2[C@@H](c3ccccn3)N3C(=O)[C@H](C(=O)c4cc(Br)ccc4O)[C@@H](c4ccc(OC)cc4)C[C@]3(c3ccccn3)[C@H]2C(=O)c2ccccn2)cc1. The second-order valence-electron chi connectivity index (χ2n) is 14.0. The van der Waals surface area contributed by atoms with Crippen LogP contribution in [0.3, 0.4) is 0 Å². The maximum Gasteiger partial charge on any atom is 0.235 e. The number of carbonyl (C=O) groups excluding carboxylic acids is 3. The van der Waals surface area contributed by atoms with Crippen LogP contribution < -0.4 is 9.47 Å². The highest BCUT2D eigenvalue weighted by Gasteiger charge is 2.70. The van der Waals surface area contributed by atoms with Crippen LogP contribution in [-0.2, 0) is 10.3 Å². The van der Waals surface area contributed by atoms with Crippen LogP contribution in [0.4, 0.5) is 0 Å². The van der Waals surface area contributed by atoms with Crippen molar-refractivity contribution in [3.8, 4) is 17.2 Å². The van der Waals surface area contributed by atoms with E-state index < -0.39 is 46.9 Å². The smallest absolute Gasteiger partial charge is 0.235 e. The number of halogens is 1. The summed E-state index contributed by atoms with van der Waals surface area (Å²) in [5.41, 5.74) is 1.30. The van der Waals surface area contributed by atoms with Crippen LogP contribution in [0.2, 0.25) is 0 Å². The molecule has 0 bridgehead atoms. The van der Waals surface area contributed by atoms with Crippen molar-refractivity contribution < 1.29 is 29.0 Å². The Hall–Kier alpha value is -6.20. The van der Waals surface area contributed by atoms with Crippen LogP contribution in [0.5, 0.6) is 17.2 Å². The van der Waals surface area contributed by atoms with Gasteiger partial charge in [-0.25, -0.2) is 0 Å². The molecule has 1 N–H and O–H groups in total. The number of phenols is 1. The number of phenolic OH excluding ortho intramolecular Hbond substituents is 1. The van der Waals surface area contributed by atoms with Crippen LogP contribution in [0.15, 0.2) is 144 Å². The van der Waals surface area contributed by atoms with Crippen molar-refractivity contribution in [2.45, 2.75) is 29.8 Å². The molecule has 0 spiro atoms. The number of ether oxygens (including phenoxy) is 2. The number of Topliss-reactive ketones (excluding diaryl/α,β-unsaturated/α-hetero) is 2. The predicted octanol–water partition coefficient (Wildman–Crippen LogP) is 8.11. The number of hydrogen-bond donors (Lipinski definition) is 1. The normalized spacial score (nSPS) is 22.9. The van der Waals surface area contributed by atoms with E-state index in [0.29, 0.717) is 32.9 Å². The van der Waals surface area contributed by atoms with Crippen LogP contribution in [-0.4, -0.2) is 56.7 Å². The van der Waals surface area contributed by atoms with E-state index in [-0.39, 0.29) is 29.2 Å².